The third kappa shape index (κ3) is 3.05. The molecule has 0 bridgehead atoms. The second kappa shape index (κ2) is 6.83. The van der Waals surface area contributed by atoms with Crippen molar-refractivity contribution in [1.29, 1.82) is 0 Å². The van der Waals surface area contributed by atoms with Gasteiger partial charge in [0.05, 0.1) is 12.8 Å². The fourth-order valence-electron chi connectivity index (χ4n) is 4.00. The van der Waals surface area contributed by atoms with E-state index in [0.29, 0.717) is 11.9 Å². The number of allylic oxidation sites excluding steroid dienone is 1. The van der Waals surface area contributed by atoms with Gasteiger partial charge in [0.2, 0.25) is 5.95 Å². The van der Waals surface area contributed by atoms with Gasteiger partial charge >= 0.3 is 0 Å². The molecular weight excluding hydrogens is 324 g/mol. The van der Waals surface area contributed by atoms with Gasteiger partial charge in [0.1, 0.15) is 0 Å². The van der Waals surface area contributed by atoms with Gasteiger partial charge in [-0.15, -0.1) is 0 Å². The Labute approximate surface area is 153 Å². The summed E-state index contributed by atoms with van der Waals surface area (Å²) in [7, 11) is 0. The lowest BCUT2D eigenvalue weighted by atomic mass is 9.78. The van der Waals surface area contributed by atoms with E-state index in [0.717, 1.165) is 36.9 Å². The van der Waals surface area contributed by atoms with Gasteiger partial charge in [0.25, 0.3) is 0 Å². The van der Waals surface area contributed by atoms with Crippen LogP contribution in [-0.4, -0.2) is 28.5 Å². The number of hydrazone groups is 1. The van der Waals surface area contributed by atoms with E-state index >= 15 is 0 Å². The number of anilines is 1. The lowest BCUT2D eigenvalue weighted by molar-refractivity contribution is 0.101. The zero-order valence-corrected chi connectivity index (χ0v) is 15.1. The molecule has 0 saturated carbocycles. The van der Waals surface area contributed by atoms with E-state index in [2.05, 4.69) is 28.1 Å². The molecule has 0 N–H and O–H groups in total. The minimum atomic E-state index is 0.137. The van der Waals surface area contributed by atoms with Crippen molar-refractivity contribution in [2.45, 2.75) is 39.0 Å². The first-order valence-corrected chi connectivity index (χ1v) is 9.03. The first kappa shape index (κ1) is 16.6. The molecule has 26 heavy (non-hydrogen) atoms. The highest BCUT2D eigenvalue weighted by Gasteiger charge is 2.27. The molecule has 132 valence electrons. The number of hydrogen-bond donors (Lipinski definition) is 0. The third-order valence-electron chi connectivity index (χ3n) is 5.39. The number of aromatic nitrogens is 2. The molecule has 2 aromatic rings. The second-order valence-electron chi connectivity index (χ2n) is 7.00. The maximum Gasteiger partial charge on any atom is 0.246 e. The van der Waals surface area contributed by atoms with Crippen LogP contribution in [0.25, 0.3) is 0 Å². The van der Waals surface area contributed by atoms with Gasteiger partial charge in [0.15, 0.2) is 5.78 Å². The van der Waals surface area contributed by atoms with E-state index < -0.39 is 0 Å². The van der Waals surface area contributed by atoms with Crippen LogP contribution >= 0.6 is 0 Å². The average molecular weight is 346 g/mol. The maximum atomic E-state index is 11.9. The molecule has 5 heteroatoms. The fraction of sp³-hybridized carbons (Fsp3) is 0.333. The summed E-state index contributed by atoms with van der Waals surface area (Å²) in [4.78, 5) is 20.4. The van der Waals surface area contributed by atoms with Crippen molar-refractivity contribution in [3.05, 3.63) is 64.5 Å². The Balaban J connectivity index is 1.55. The van der Waals surface area contributed by atoms with Crippen LogP contribution in [-0.2, 0) is 0 Å². The van der Waals surface area contributed by atoms with Gasteiger partial charge in [0, 0.05) is 18.0 Å². The molecule has 1 unspecified atom stereocenters. The molecule has 1 aromatic carbocycles. The summed E-state index contributed by atoms with van der Waals surface area (Å²) in [6, 6.07) is 7.91. The van der Waals surface area contributed by atoms with E-state index in [1.54, 1.807) is 19.3 Å². The van der Waals surface area contributed by atoms with Gasteiger partial charge in [-0.05, 0) is 67.4 Å². The molecule has 0 fully saturated rings. The van der Waals surface area contributed by atoms with Crippen LogP contribution in [0.2, 0.25) is 0 Å². The summed E-state index contributed by atoms with van der Waals surface area (Å²) < 4.78 is 0. The molecule has 1 aliphatic carbocycles. The molecule has 1 aromatic heterocycles. The van der Waals surface area contributed by atoms with Crippen LogP contribution in [0.3, 0.4) is 0 Å². The quantitative estimate of drug-likeness (QED) is 0.787. The van der Waals surface area contributed by atoms with Crippen LogP contribution in [0.1, 0.15) is 53.6 Å². The predicted octanol–water partition coefficient (Wildman–Crippen LogP) is 4.06. The van der Waals surface area contributed by atoms with Crippen LogP contribution in [0.15, 0.2) is 52.9 Å². The summed E-state index contributed by atoms with van der Waals surface area (Å²) >= 11 is 0. The summed E-state index contributed by atoms with van der Waals surface area (Å²) in [6.07, 6.45) is 8.56. The van der Waals surface area contributed by atoms with Crippen LogP contribution in [0.4, 0.5) is 5.95 Å². The highest BCUT2D eigenvalue weighted by molar-refractivity contribution is 5.95. The molecular formula is C21H22N4O. The Morgan fingerprint density at radius 1 is 1.19 bits per heavy atom. The Hall–Kier alpha value is -2.82. The van der Waals surface area contributed by atoms with E-state index in [1.165, 1.54) is 16.7 Å². The molecule has 2 heterocycles. The number of rotatable bonds is 3. The van der Waals surface area contributed by atoms with E-state index in [9.17, 15) is 4.79 Å². The van der Waals surface area contributed by atoms with Crippen molar-refractivity contribution in [1.82, 2.24) is 9.97 Å². The van der Waals surface area contributed by atoms with Gasteiger partial charge in [-0.2, -0.15) is 5.10 Å². The number of Topliss-reactive ketones (excluding diaryl/α,β-unsaturated/α-hetero) is 1. The summed E-state index contributed by atoms with van der Waals surface area (Å²) in [5, 5.41) is 6.41. The topological polar surface area (TPSA) is 58.5 Å². The number of nitrogens with zero attached hydrogens (tertiary/aromatic N) is 4. The zero-order chi connectivity index (χ0) is 18.1. The molecule has 0 amide bonds. The van der Waals surface area contributed by atoms with Crippen molar-refractivity contribution in [3.63, 3.8) is 0 Å². The van der Waals surface area contributed by atoms with E-state index in [-0.39, 0.29) is 5.78 Å². The van der Waals surface area contributed by atoms with E-state index in [4.69, 9.17) is 0 Å². The average Bonchev–Trinajstić information content (AvgIpc) is 2.68. The Kier molecular flexibility index (Phi) is 4.37. The Morgan fingerprint density at radius 3 is 2.77 bits per heavy atom. The van der Waals surface area contributed by atoms with Crippen molar-refractivity contribution in [2.75, 3.05) is 11.6 Å². The minimum Gasteiger partial charge on any atom is -0.295 e. The highest BCUT2D eigenvalue weighted by atomic mass is 16.1. The monoisotopic (exact) mass is 346 g/mol. The van der Waals surface area contributed by atoms with Crippen molar-refractivity contribution in [3.8, 4) is 0 Å². The lowest BCUT2D eigenvalue weighted by Gasteiger charge is -2.32. The summed E-state index contributed by atoms with van der Waals surface area (Å²) in [5.74, 6) is 1.22. The lowest BCUT2D eigenvalue weighted by Crippen LogP contribution is -2.28. The fourth-order valence-corrected chi connectivity index (χ4v) is 4.00. The largest absolute Gasteiger partial charge is 0.295 e. The predicted molar refractivity (Wildman–Crippen MR) is 103 cm³/mol. The molecule has 2 aliphatic rings. The normalized spacial score (nSPS) is 19.5. The van der Waals surface area contributed by atoms with Crippen molar-refractivity contribution >= 4 is 17.9 Å². The minimum absolute atomic E-state index is 0.137. The number of carbonyl (C=O) groups excluding carboxylic acids is 1. The van der Waals surface area contributed by atoms with Crippen LogP contribution in [0.5, 0.6) is 0 Å². The zero-order valence-electron chi connectivity index (χ0n) is 15.1. The second-order valence-corrected chi connectivity index (χ2v) is 7.00. The first-order valence-electron chi connectivity index (χ1n) is 9.03. The van der Waals surface area contributed by atoms with Gasteiger partial charge in [-0.1, -0.05) is 18.2 Å². The van der Waals surface area contributed by atoms with Gasteiger partial charge in [-0.25, -0.2) is 15.0 Å². The highest BCUT2D eigenvalue weighted by Crippen LogP contribution is 2.39. The number of ketones is 1. The summed E-state index contributed by atoms with van der Waals surface area (Å²) in [6.45, 7) is 4.47. The maximum absolute atomic E-state index is 11.9. The number of benzene rings is 1. The molecule has 0 saturated heterocycles. The number of hydrogen-bond acceptors (Lipinski definition) is 5. The molecule has 1 atom stereocenters. The first-order chi connectivity index (χ1) is 12.6. The van der Waals surface area contributed by atoms with Gasteiger partial charge in [-0.3, -0.25) is 4.79 Å². The Morgan fingerprint density at radius 2 is 2.00 bits per heavy atom. The van der Waals surface area contributed by atoms with Crippen molar-refractivity contribution < 1.29 is 4.79 Å². The molecule has 5 nitrogen and oxygen atoms in total. The van der Waals surface area contributed by atoms with E-state index in [1.807, 2.05) is 29.4 Å². The summed E-state index contributed by atoms with van der Waals surface area (Å²) in [5.41, 5.74) is 6.00. The standard InChI is InChI=1S/C21H22N4O/c1-14-19(15(2)26)5-3-6-20(14)16-7-8-17-13-25(24-12-18(17)11-16)21-22-9-4-10-23-21/h3-6,9-10,12,16H,7-8,11,13H2,1-2H3. The van der Waals surface area contributed by atoms with Gasteiger partial charge < -0.3 is 0 Å². The molecule has 0 spiro atoms. The number of carbonyl (C=O) groups is 1. The smallest absolute Gasteiger partial charge is 0.246 e. The van der Waals surface area contributed by atoms with Crippen molar-refractivity contribution in [2.24, 2.45) is 5.10 Å². The molecule has 0 radical (unpaired) electrons. The Bertz CT molecular complexity index is 901. The molecule has 4 rings (SSSR count). The third-order valence-corrected chi connectivity index (χ3v) is 5.39. The van der Waals surface area contributed by atoms with Crippen LogP contribution < -0.4 is 5.01 Å². The molecule has 1 aliphatic heterocycles. The van der Waals surface area contributed by atoms with Crippen LogP contribution in [0, 0.1) is 6.92 Å². The SMILES string of the molecule is CC(=O)c1cccc(C2CCC3=C(C=NN(c4ncccn4)C3)C2)c1C.